The van der Waals surface area contributed by atoms with E-state index in [1.807, 2.05) is 0 Å². The van der Waals surface area contributed by atoms with Crippen LogP contribution in [0.4, 0.5) is 0 Å². The van der Waals surface area contributed by atoms with Crippen molar-refractivity contribution in [2.45, 2.75) is 32.2 Å². The number of aliphatic imine (C=N–C) groups is 1. The Bertz CT molecular complexity index is 540. The Hall–Kier alpha value is -2.15. The molecular weight excluding hydrogens is 316 g/mol. The average Bonchev–Trinajstić information content (AvgIpc) is 2.66. The number of aromatic nitrogens is 1. The van der Waals surface area contributed by atoms with Crippen molar-refractivity contribution in [3.63, 3.8) is 0 Å². The molecule has 7 heteroatoms. The van der Waals surface area contributed by atoms with Crippen molar-refractivity contribution >= 4 is 11.9 Å². The summed E-state index contributed by atoms with van der Waals surface area (Å²) in [7, 11) is 1.77. The molecule has 25 heavy (non-hydrogen) atoms. The van der Waals surface area contributed by atoms with Gasteiger partial charge in [0.15, 0.2) is 5.96 Å². The van der Waals surface area contributed by atoms with Gasteiger partial charge in [-0.05, 0) is 37.9 Å². The van der Waals surface area contributed by atoms with E-state index < -0.39 is 0 Å². The second kappa shape index (κ2) is 10.7. The van der Waals surface area contributed by atoms with Crippen LogP contribution in [0.3, 0.4) is 0 Å². The van der Waals surface area contributed by atoms with Gasteiger partial charge in [-0.15, -0.1) is 0 Å². The third-order valence-corrected chi connectivity index (χ3v) is 4.32. The SMILES string of the molecule is CCCN1CCC(NC(=NC)NCCNC(=O)c2cccnc2)CC1. The van der Waals surface area contributed by atoms with E-state index >= 15 is 0 Å². The minimum absolute atomic E-state index is 0.110. The summed E-state index contributed by atoms with van der Waals surface area (Å²) in [6.45, 7) is 6.86. The highest BCUT2D eigenvalue weighted by Gasteiger charge is 2.19. The number of nitrogens with zero attached hydrogens (tertiary/aromatic N) is 3. The molecule has 1 aliphatic heterocycles. The van der Waals surface area contributed by atoms with Gasteiger partial charge >= 0.3 is 0 Å². The first-order chi connectivity index (χ1) is 12.2. The van der Waals surface area contributed by atoms with E-state index in [4.69, 9.17) is 0 Å². The van der Waals surface area contributed by atoms with Crippen LogP contribution in [0.5, 0.6) is 0 Å². The first-order valence-corrected chi connectivity index (χ1v) is 9.10. The molecule has 0 radical (unpaired) electrons. The third kappa shape index (κ3) is 6.70. The van der Waals surface area contributed by atoms with Gasteiger partial charge in [0.2, 0.25) is 0 Å². The summed E-state index contributed by atoms with van der Waals surface area (Å²) < 4.78 is 0. The number of carbonyl (C=O) groups is 1. The van der Waals surface area contributed by atoms with Crippen molar-refractivity contribution in [3.05, 3.63) is 30.1 Å². The normalized spacial score (nSPS) is 16.5. The molecule has 0 aliphatic carbocycles. The fraction of sp³-hybridized carbons (Fsp3) is 0.611. The first kappa shape index (κ1) is 19.2. The molecule has 1 aromatic rings. The maximum Gasteiger partial charge on any atom is 0.252 e. The fourth-order valence-corrected chi connectivity index (χ4v) is 2.96. The summed E-state index contributed by atoms with van der Waals surface area (Å²) in [5.41, 5.74) is 0.573. The number of pyridine rings is 1. The molecule has 0 spiro atoms. The number of amides is 1. The van der Waals surface area contributed by atoms with Crippen molar-refractivity contribution in [2.75, 3.05) is 39.8 Å². The quantitative estimate of drug-likeness (QED) is 0.387. The van der Waals surface area contributed by atoms with E-state index in [1.165, 1.54) is 13.0 Å². The Kier molecular flexibility index (Phi) is 8.18. The zero-order chi connectivity index (χ0) is 17.9. The van der Waals surface area contributed by atoms with Crippen molar-refractivity contribution < 1.29 is 4.79 Å². The van der Waals surface area contributed by atoms with Crippen LogP contribution >= 0.6 is 0 Å². The van der Waals surface area contributed by atoms with Gasteiger partial charge in [-0.25, -0.2) is 0 Å². The minimum atomic E-state index is -0.110. The number of hydrogen-bond donors (Lipinski definition) is 3. The molecular formula is C18H30N6O. The molecule has 0 bridgehead atoms. The largest absolute Gasteiger partial charge is 0.355 e. The smallest absolute Gasteiger partial charge is 0.252 e. The zero-order valence-electron chi connectivity index (χ0n) is 15.3. The van der Waals surface area contributed by atoms with E-state index in [2.05, 4.69) is 37.8 Å². The molecule has 0 atom stereocenters. The lowest BCUT2D eigenvalue weighted by atomic mass is 10.1. The Labute approximate surface area is 150 Å². The van der Waals surface area contributed by atoms with Gasteiger partial charge < -0.3 is 20.9 Å². The van der Waals surface area contributed by atoms with Crippen LogP contribution in [0.15, 0.2) is 29.5 Å². The zero-order valence-corrected chi connectivity index (χ0v) is 15.3. The van der Waals surface area contributed by atoms with Gasteiger partial charge in [0, 0.05) is 51.7 Å². The van der Waals surface area contributed by atoms with Crippen molar-refractivity contribution in [3.8, 4) is 0 Å². The average molecular weight is 346 g/mol. The molecule has 0 saturated carbocycles. The van der Waals surface area contributed by atoms with Crippen LogP contribution in [-0.2, 0) is 0 Å². The summed E-state index contributed by atoms with van der Waals surface area (Å²) in [5, 5.41) is 9.60. The van der Waals surface area contributed by atoms with Crippen molar-refractivity contribution in [1.29, 1.82) is 0 Å². The molecule has 7 nitrogen and oxygen atoms in total. The molecule has 1 saturated heterocycles. The van der Waals surface area contributed by atoms with Crippen LogP contribution < -0.4 is 16.0 Å². The Morgan fingerprint density at radius 2 is 2.08 bits per heavy atom. The number of piperidine rings is 1. The topological polar surface area (TPSA) is 81.6 Å². The van der Waals surface area contributed by atoms with Gasteiger partial charge in [0.05, 0.1) is 5.56 Å². The molecule has 2 heterocycles. The predicted octanol–water partition coefficient (Wildman–Crippen LogP) is 0.851. The minimum Gasteiger partial charge on any atom is -0.355 e. The molecule has 3 N–H and O–H groups in total. The highest BCUT2D eigenvalue weighted by atomic mass is 16.1. The van der Waals surface area contributed by atoms with Gasteiger partial charge in [-0.2, -0.15) is 0 Å². The molecule has 1 aromatic heterocycles. The third-order valence-electron chi connectivity index (χ3n) is 4.32. The number of likely N-dealkylation sites (tertiary alicyclic amines) is 1. The second-order valence-electron chi connectivity index (χ2n) is 6.26. The lowest BCUT2D eigenvalue weighted by Gasteiger charge is -2.32. The summed E-state index contributed by atoms with van der Waals surface area (Å²) in [6.07, 6.45) is 6.71. The number of rotatable bonds is 7. The van der Waals surface area contributed by atoms with E-state index in [0.717, 1.165) is 31.9 Å². The van der Waals surface area contributed by atoms with Gasteiger partial charge in [-0.1, -0.05) is 6.92 Å². The molecule has 1 fully saturated rings. The van der Waals surface area contributed by atoms with E-state index in [-0.39, 0.29) is 5.91 Å². The second-order valence-corrected chi connectivity index (χ2v) is 6.26. The maximum atomic E-state index is 11.9. The maximum absolute atomic E-state index is 11.9. The van der Waals surface area contributed by atoms with Crippen molar-refractivity contribution in [1.82, 2.24) is 25.8 Å². The fourth-order valence-electron chi connectivity index (χ4n) is 2.96. The molecule has 138 valence electrons. The highest BCUT2D eigenvalue weighted by Crippen LogP contribution is 2.10. The van der Waals surface area contributed by atoms with Gasteiger partial charge in [0.1, 0.15) is 0 Å². The molecule has 0 aromatic carbocycles. The summed E-state index contributed by atoms with van der Waals surface area (Å²) in [5.74, 6) is 0.686. The van der Waals surface area contributed by atoms with Crippen LogP contribution in [0, 0.1) is 0 Å². The van der Waals surface area contributed by atoms with Crippen LogP contribution in [0.25, 0.3) is 0 Å². The van der Waals surface area contributed by atoms with Crippen LogP contribution in [0.2, 0.25) is 0 Å². The van der Waals surface area contributed by atoms with E-state index in [1.54, 1.807) is 31.6 Å². The molecule has 1 amide bonds. The Morgan fingerprint density at radius 3 is 2.72 bits per heavy atom. The lowest BCUT2D eigenvalue weighted by Crippen LogP contribution is -2.49. The van der Waals surface area contributed by atoms with Gasteiger partial charge in [0.25, 0.3) is 5.91 Å². The molecule has 1 aliphatic rings. The number of guanidine groups is 1. The highest BCUT2D eigenvalue weighted by molar-refractivity contribution is 5.93. The van der Waals surface area contributed by atoms with Crippen LogP contribution in [-0.4, -0.2) is 67.6 Å². The lowest BCUT2D eigenvalue weighted by molar-refractivity contribution is 0.0954. The Morgan fingerprint density at radius 1 is 1.32 bits per heavy atom. The summed E-state index contributed by atoms with van der Waals surface area (Å²) in [6, 6.07) is 3.97. The number of carbonyl (C=O) groups excluding carboxylic acids is 1. The monoisotopic (exact) mass is 346 g/mol. The molecule has 2 rings (SSSR count). The van der Waals surface area contributed by atoms with Crippen LogP contribution in [0.1, 0.15) is 36.5 Å². The van der Waals surface area contributed by atoms with Gasteiger partial charge in [-0.3, -0.25) is 14.8 Å². The Balaban J connectivity index is 1.63. The predicted molar refractivity (Wildman–Crippen MR) is 101 cm³/mol. The first-order valence-electron chi connectivity index (χ1n) is 9.10. The van der Waals surface area contributed by atoms with E-state index in [0.29, 0.717) is 24.7 Å². The summed E-state index contributed by atoms with van der Waals surface area (Å²) >= 11 is 0. The van der Waals surface area contributed by atoms with Crippen molar-refractivity contribution in [2.24, 2.45) is 4.99 Å². The standard InChI is InChI=1S/C18H30N6O/c1-3-11-24-12-6-16(7-13-24)23-18(19-2)22-10-9-21-17(25)15-5-4-8-20-14-15/h4-5,8,14,16H,3,6-7,9-13H2,1-2H3,(H,21,25)(H2,19,22,23). The molecule has 0 unspecified atom stereocenters. The summed E-state index contributed by atoms with van der Waals surface area (Å²) in [4.78, 5) is 22.7. The number of nitrogens with one attached hydrogen (secondary N) is 3. The van der Waals surface area contributed by atoms with E-state index in [9.17, 15) is 4.79 Å². The number of hydrogen-bond acceptors (Lipinski definition) is 4.